The maximum absolute atomic E-state index is 12.9. The number of cyclic esters (lactones) is 1. The van der Waals surface area contributed by atoms with Gasteiger partial charge in [0.25, 0.3) is 5.56 Å². The highest BCUT2D eigenvalue weighted by Gasteiger charge is 2.31. The van der Waals surface area contributed by atoms with Crippen LogP contribution in [0.5, 0.6) is 0 Å². The molecule has 37 heavy (non-hydrogen) atoms. The third-order valence-corrected chi connectivity index (χ3v) is 5.71. The van der Waals surface area contributed by atoms with Crippen molar-refractivity contribution in [2.75, 3.05) is 7.11 Å². The second-order valence-electron chi connectivity index (χ2n) is 9.41. The summed E-state index contributed by atoms with van der Waals surface area (Å²) in [5, 5.41) is 1.06. The topological polar surface area (TPSA) is 96.7 Å². The third kappa shape index (κ3) is 6.76. The lowest BCUT2D eigenvalue weighted by molar-refractivity contribution is -0.148. The largest absolute Gasteiger partial charge is 0.508 e. The van der Waals surface area contributed by atoms with E-state index in [2.05, 4.69) is 23.6 Å². The minimum absolute atomic E-state index is 0.0434. The van der Waals surface area contributed by atoms with Crippen LogP contribution in [-0.2, 0) is 32.7 Å². The normalized spacial score (nSPS) is 14.2. The van der Waals surface area contributed by atoms with Crippen LogP contribution in [0.3, 0.4) is 0 Å². The van der Waals surface area contributed by atoms with Gasteiger partial charge in [-0.05, 0) is 63.4 Å². The van der Waals surface area contributed by atoms with Crippen molar-refractivity contribution in [3.05, 3.63) is 63.4 Å². The first-order chi connectivity index (χ1) is 17.5. The van der Waals surface area contributed by atoms with Gasteiger partial charge in [0, 0.05) is 12.4 Å². The van der Waals surface area contributed by atoms with E-state index in [1.165, 1.54) is 7.11 Å². The van der Waals surface area contributed by atoms with Crippen molar-refractivity contribution in [2.45, 2.75) is 59.2 Å². The summed E-state index contributed by atoms with van der Waals surface area (Å²) in [6.07, 6.45) is 7.96. The second kappa shape index (κ2) is 12.2. The number of terminal acetylenes is 1. The number of benzene rings is 1. The van der Waals surface area contributed by atoms with Gasteiger partial charge in [-0.25, -0.2) is 9.78 Å². The standard InChI is InChI=1S/C21H20N2O3.C6H12O3.C2H2/c1-4-14-15-10-18(23(3)20(24)16(15)11-26-21(14)25)19-12(2)9-13-7-5-6-8-17(13)22-19;1-6(2,3)9-5(7)8-4;1-2/h5-10,14H,4,11H2,1-3H3;1-4H3;1-2H/t14-;;/m1../s1. The van der Waals surface area contributed by atoms with Gasteiger partial charge in [-0.1, -0.05) is 25.1 Å². The number of pyridine rings is 2. The molecule has 1 aliphatic rings. The molecule has 0 spiro atoms. The van der Waals surface area contributed by atoms with Gasteiger partial charge in [0.1, 0.15) is 12.2 Å². The number of para-hydroxylation sites is 1. The van der Waals surface area contributed by atoms with E-state index in [1.807, 2.05) is 44.2 Å². The lowest BCUT2D eigenvalue weighted by atomic mass is 9.90. The van der Waals surface area contributed by atoms with Crippen LogP contribution >= 0.6 is 0 Å². The van der Waals surface area contributed by atoms with Crippen molar-refractivity contribution >= 4 is 23.0 Å². The minimum atomic E-state index is -0.637. The molecule has 2 aromatic heterocycles. The zero-order valence-electron chi connectivity index (χ0n) is 22.5. The SMILES string of the molecule is C#C.CC[C@H]1C(=O)OCc2c1cc(-c1nc3ccccc3cc1C)n(C)c2=O.COC(=O)OC(C)(C)C. The van der Waals surface area contributed by atoms with Gasteiger partial charge in [-0.15, -0.1) is 12.8 Å². The van der Waals surface area contributed by atoms with E-state index in [1.54, 1.807) is 32.4 Å². The summed E-state index contributed by atoms with van der Waals surface area (Å²) in [7, 11) is 3.03. The number of ether oxygens (including phenoxy) is 3. The first-order valence-electron chi connectivity index (χ1n) is 11.8. The van der Waals surface area contributed by atoms with E-state index in [-0.39, 0.29) is 18.1 Å². The Kier molecular flexibility index (Phi) is 9.61. The smallest absolute Gasteiger partial charge is 0.460 e. The molecule has 1 aliphatic heterocycles. The summed E-state index contributed by atoms with van der Waals surface area (Å²) in [6, 6.07) is 11.9. The molecule has 0 aliphatic carbocycles. The Bertz CT molecular complexity index is 1360. The summed E-state index contributed by atoms with van der Waals surface area (Å²) in [6.45, 7) is 9.31. The maximum Gasteiger partial charge on any atom is 0.508 e. The fraction of sp³-hybridized carbons (Fsp3) is 0.379. The van der Waals surface area contributed by atoms with Crippen LogP contribution in [0.2, 0.25) is 0 Å². The highest BCUT2D eigenvalue weighted by Crippen LogP contribution is 2.32. The summed E-state index contributed by atoms with van der Waals surface area (Å²) in [4.78, 5) is 40.2. The Morgan fingerprint density at radius 1 is 1.19 bits per heavy atom. The molecule has 0 bridgehead atoms. The summed E-state index contributed by atoms with van der Waals surface area (Å²) >= 11 is 0. The number of aryl methyl sites for hydroxylation is 1. The molecule has 4 rings (SSSR count). The Labute approximate surface area is 217 Å². The van der Waals surface area contributed by atoms with Gasteiger partial charge in [0.15, 0.2) is 0 Å². The van der Waals surface area contributed by atoms with Gasteiger partial charge in [-0.2, -0.15) is 0 Å². The van der Waals surface area contributed by atoms with Crippen molar-refractivity contribution in [1.29, 1.82) is 0 Å². The number of nitrogens with zero attached hydrogens (tertiary/aromatic N) is 2. The zero-order valence-corrected chi connectivity index (χ0v) is 22.5. The van der Waals surface area contributed by atoms with E-state index in [9.17, 15) is 14.4 Å². The first-order valence-corrected chi connectivity index (χ1v) is 11.8. The minimum Gasteiger partial charge on any atom is -0.460 e. The molecule has 0 saturated heterocycles. The van der Waals surface area contributed by atoms with Gasteiger partial charge >= 0.3 is 12.1 Å². The van der Waals surface area contributed by atoms with Crippen molar-refractivity contribution in [1.82, 2.24) is 9.55 Å². The van der Waals surface area contributed by atoms with Crippen LogP contribution < -0.4 is 5.56 Å². The molecule has 0 N–H and O–H groups in total. The third-order valence-electron chi connectivity index (χ3n) is 5.71. The molecular weight excluding hydrogens is 472 g/mol. The van der Waals surface area contributed by atoms with Crippen LogP contribution in [-0.4, -0.2) is 34.4 Å². The fourth-order valence-corrected chi connectivity index (χ4v) is 3.98. The van der Waals surface area contributed by atoms with Crippen LogP contribution in [0.4, 0.5) is 4.79 Å². The number of methoxy groups -OCH3 is 1. The molecule has 0 fully saturated rings. The van der Waals surface area contributed by atoms with E-state index in [0.29, 0.717) is 12.0 Å². The molecule has 3 aromatic rings. The van der Waals surface area contributed by atoms with E-state index < -0.39 is 17.7 Å². The number of hydrogen-bond donors (Lipinski definition) is 0. The quantitative estimate of drug-likeness (QED) is 0.345. The molecule has 0 saturated carbocycles. The maximum atomic E-state index is 12.9. The van der Waals surface area contributed by atoms with Gasteiger partial charge < -0.3 is 18.8 Å². The zero-order chi connectivity index (χ0) is 27.9. The van der Waals surface area contributed by atoms with Crippen molar-refractivity contribution in [2.24, 2.45) is 7.05 Å². The number of hydrogen-bond acceptors (Lipinski definition) is 7. The first kappa shape index (κ1) is 29.1. The molecule has 3 heterocycles. The summed E-state index contributed by atoms with van der Waals surface area (Å²) in [5.41, 5.74) is 4.13. The highest BCUT2D eigenvalue weighted by atomic mass is 16.7. The van der Waals surface area contributed by atoms with Crippen LogP contribution in [0.15, 0.2) is 41.2 Å². The predicted molar refractivity (Wildman–Crippen MR) is 143 cm³/mol. The van der Waals surface area contributed by atoms with Crippen LogP contribution in [0.1, 0.15) is 56.7 Å². The monoisotopic (exact) mass is 506 g/mol. The Morgan fingerprint density at radius 2 is 1.84 bits per heavy atom. The summed E-state index contributed by atoms with van der Waals surface area (Å²) < 4.78 is 15.8. The Hall–Kier alpha value is -4.12. The van der Waals surface area contributed by atoms with Crippen LogP contribution in [0, 0.1) is 19.8 Å². The lowest BCUT2D eigenvalue weighted by Crippen LogP contribution is -2.32. The van der Waals surface area contributed by atoms with Gasteiger partial charge in [0.2, 0.25) is 0 Å². The van der Waals surface area contributed by atoms with E-state index in [4.69, 9.17) is 14.5 Å². The Balaban J connectivity index is 0.000000374. The number of rotatable bonds is 2. The number of carbonyl (C=O) groups excluding carboxylic acids is 2. The lowest BCUT2D eigenvalue weighted by Gasteiger charge is -2.25. The molecular formula is C29H34N2O6. The molecule has 196 valence electrons. The van der Waals surface area contributed by atoms with Crippen molar-refractivity contribution in [3.8, 4) is 24.2 Å². The molecule has 0 amide bonds. The predicted octanol–water partition coefficient (Wildman–Crippen LogP) is 5.28. The van der Waals surface area contributed by atoms with E-state index in [0.717, 1.165) is 33.4 Å². The van der Waals surface area contributed by atoms with Crippen molar-refractivity contribution < 1.29 is 23.8 Å². The van der Waals surface area contributed by atoms with Gasteiger partial charge in [0.05, 0.1) is 35.5 Å². The number of carbonyl (C=O) groups is 2. The molecule has 1 aromatic carbocycles. The average molecular weight is 507 g/mol. The fourth-order valence-electron chi connectivity index (χ4n) is 3.98. The van der Waals surface area contributed by atoms with Gasteiger partial charge in [-0.3, -0.25) is 9.59 Å². The molecule has 0 unspecified atom stereocenters. The molecule has 0 radical (unpaired) electrons. The molecule has 8 heteroatoms. The second-order valence-corrected chi connectivity index (χ2v) is 9.41. The van der Waals surface area contributed by atoms with E-state index >= 15 is 0 Å². The number of aromatic nitrogens is 2. The number of fused-ring (bicyclic) bond motifs is 2. The molecule has 1 atom stereocenters. The Morgan fingerprint density at radius 3 is 2.41 bits per heavy atom. The molecule has 8 nitrogen and oxygen atoms in total. The van der Waals surface area contributed by atoms with Crippen LogP contribution in [0.25, 0.3) is 22.3 Å². The average Bonchev–Trinajstić information content (AvgIpc) is 2.86. The number of esters is 1. The summed E-state index contributed by atoms with van der Waals surface area (Å²) in [5.74, 6) is -0.658. The highest BCUT2D eigenvalue weighted by molar-refractivity contribution is 5.84. The van der Waals surface area contributed by atoms with Crippen molar-refractivity contribution in [3.63, 3.8) is 0 Å².